The zero-order valence-electron chi connectivity index (χ0n) is 14.6. The Bertz CT molecular complexity index is 883. The van der Waals surface area contributed by atoms with E-state index in [-0.39, 0.29) is 5.41 Å². The van der Waals surface area contributed by atoms with Gasteiger partial charge in [0.15, 0.2) is 0 Å². The van der Waals surface area contributed by atoms with E-state index in [1.54, 1.807) is 11.3 Å². The number of hydrogen-bond donors (Lipinski definition) is 1. The third-order valence-electron chi connectivity index (χ3n) is 4.40. The summed E-state index contributed by atoms with van der Waals surface area (Å²) < 4.78 is 2.19. The predicted octanol–water partition coefficient (Wildman–Crippen LogP) is 4.21. The Morgan fingerprint density at radius 1 is 1.25 bits per heavy atom. The first-order valence-electron chi connectivity index (χ1n) is 8.45. The molecule has 0 bridgehead atoms. The third-order valence-corrected chi connectivity index (χ3v) is 5.49. The molecule has 2 heterocycles. The molecule has 0 amide bonds. The first-order valence-corrected chi connectivity index (χ1v) is 9.26. The maximum Gasteiger partial charge on any atom is 0.136 e. The van der Waals surface area contributed by atoms with Gasteiger partial charge in [0.05, 0.1) is 17.6 Å². The molecule has 1 fully saturated rings. The average molecular weight is 341 g/mol. The molecule has 0 aliphatic heterocycles. The van der Waals surface area contributed by atoms with Gasteiger partial charge in [-0.05, 0) is 31.0 Å². The fraction of sp³-hybridized carbons (Fsp3) is 0.500. The van der Waals surface area contributed by atoms with Gasteiger partial charge < -0.3 is 9.88 Å². The molecule has 3 aromatic rings. The number of aromatic nitrogens is 4. The summed E-state index contributed by atoms with van der Waals surface area (Å²) in [6.07, 6.45) is 2.54. The molecule has 1 aliphatic rings. The van der Waals surface area contributed by atoms with Crippen molar-refractivity contribution in [3.8, 4) is 0 Å². The maximum absolute atomic E-state index is 4.83. The number of imidazole rings is 1. The van der Waals surface area contributed by atoms with Crippen LogP contribution in [0.2, 0.25) is 0 Å². The topological polar surface area (TPSA) is 55.6 Å². The van der Waals surface area contributed by atoms with E-state index in [4.69, 9.17) is 4.98 Å². The zero-order chi connectivity index (χ0) is 16.9. The van der Waals surface area contributed by atoms with Gasteiger partial charge in [0.2, 0.25) is 0 Å². The van der Waals surface area contributed by atoms with E-state index in [1.807, 2.05) is 0 Å². The van der Waals surface area contributed by atoms with Crippen molar-refractivity contribution in [2.75, 3.05) is 5.32 Å². The van der Waals surface area contributed by atoms with Crippen LogP contribution >= 0.6 is 11.3 Å². The molecule has 0 atom stereocenters. The minimum absolute atomic E-state index is 0.0349. The van der Waals surface area contributed by atoms with Crippen molar-refractivity contribution in [2.24, 2.45) is 7.05 Å². The molecule has 1 saturated carbocycles. The molecular weight excluding hydrogens is 318 g/mol. The Morgan fingerprint density at radius 2 is 2.04 bits per heavy atom. The monoisotopic (exact) mass is 341 g/mol. The molecule has 2 aromatic heterocycles. The highest BCUT2D eigenvalue weighted by atomic mass is 32.1. The summed E-state index contributed by atoms with van der Waals surface area (Å²) in [4.78, 5) is 4.83. The molecule has 0 spiro atoms. The summed E-state index contributed by atoms with van der Waals surface area (Å²) in [6.45, 7) is 7.30. The van der Waals surface area contributed by atoms with Crippen molar-refractivity contribution in [1.82, 2.24) is 19.7 Å². The van der Waals surface area contributed by atoms with Crippen LogP contribution in [0.5, 0.6) is 0 Å². The van der Waals surface area contributed by atoms with Crippen LogP contribution in [0.4, 0.5) is 5.69 Å². The molecule has 0 unspecified atom stereocenters. The molecule has 1 aliphatic carbocycles. The second-order valence-electron chi connectivity index (χ2n) is 7.61. The molecule has 1 N–H and O–H groups in total. The van der Waals surface area contributed by atoms with Gasteiger partial charge in [0.1, 0.15) is 15.8 Å². The van der Waals surface area contributed by atoms with Gasteiger partial charge in [0.25, 0.3) is 0 Å². The number of benzene rings is 1. The van der Waals surface area contributed by atoms with Crippen molar-refractivity contribution < 1.29 is 0 Å². The number of nitrogens with one attached hydrogen (secondary N) is 1. The molecule has 5 nitrogen and oxygen atoms in total. The Labute approximate surface area is 146 Å². The number of hydrogen-bond acceptors (Lipinski definition) is 5. The van der Waals surface area contributed by atoms with Crippen LogP contribution in [0.3, 0.4) is 0 Å². The average Bonchev–Trinajstić information content (AvgIpc) is 3.17. The van der Waals surface area contributed by atoms with Gasteiger partial charge in [-0.3, -0.25) is 0 Å². The lowest BCUT2D eigenvalue weighted by molar-refractivity contribution is 0.526. The molecule has 0 radical (unpaired) electrons. The van der Waals surface area contributed by atoms with Gasteiger partial charge >= 0.3 is 0 Å². The lowest BCUT2D eigenvalue weighted by Crippen LogP contribution is -2.17. The number of rotatable bonds is 4. The molecule has 4 rings (SSSR count). The van der Waals surface area contributed by atoms with Gasteiger partial charge in [-0.2, -0.15) is 0 Å². The minimum Gasteiger partial charge on any atom is -0.378 e. The first kappa shape index (κ1) is 15.6. The zero-order valence-corrected chi connectivity index (χ0v) is 15.4. The molecule has 0 saturated heterocycles. The van der Waals surface area contributed by atoms with Crippen molar-refractivity contribution in [3.63, 3.8) is 0 Å². The highest BCUT2D eigenvalue weighted by Crippen LogP contribution is 2.41. The minimum atomic E-state index is 0.0349. The highest BCUT2D eigenvalue weighted by molar-refractivity contribution is 7.11. The van der Waals surface area contributed by atoms with E-state index >= 15 is 0 Å². The second kappa shape index (κ2) is 5.55. The van der Waals surface area contributed by atoms with Crippen molar-refractivity contribution >= 4 is 28.1 Å². The standard InChI is InChI=1S/C18H23N5S/c1-18(2,3)17-20-13-9-12(7-8-14(13)23(17)4)19-10-15-21-22-16(24-15)11-5-6-11/h7-9,11,19H,5-6,10H2,1-4H3. The smallest absolute Gasteiger partial charge is 0.136 e. The summed E-state index contributed by atoms with van der Waals surface area (Å²) in [7, 11) is 2.09. The molecule has 6 heteroatoms. The summed E-state index contributed by atoms with van der Waals surface area (Å²) in [6, 6.07) is 6.36. The van der Waals surface area contributed by atoms with Crippen molar-refractivity contribution in [3.05, 3.63) is 34.0 Å². The van der Waals surface area contributed by atoms with Gasteiger partial charge in [0, 0.05) is 24.1 Å². The fourth-order valence-electron chi connectivity index (χ4n) is 2.99. The summed E-state index contributed by atoms with van der Waals surface area (Å²) >= 11 is 1.73. The van der Waals surface area contributed by atoms with Crippen LogP contribution < -0.4 is 5.32 Å². The quantitative estimate of drug-likeness (QED) is 0.772. The van der Waals surface area contributed by atoms with Crippen LogP contribution in [-0.4, -0.2) is 19.7 Å². The first-order chi connectivity index (χ1) is 11.4. The number of aryl methyl sites for hydroxylation is 1. The molecular formula is C18H23N5S. The van der Waals surface area contributed by atoms with E-state index in [1.165, 1.54) is 17.8 Å². The lowest BCUT2D eigenvalue weighted by Gasteiger charge is -2.17. The Kier molecular flexibility index (Phi) is 3.60. The largest absolute Gasteiger partial charge is 0.378 e. The van der Waals surface area contributed by atoms with Gasteiger partial charge in [-0.25, -0.2) is 4.98 Å². The third kappa shape index (κ3) is 2.90. The highest BCUT2D eigenvalue weighted by Gasteiger charge is 2.27. The summed E-state index contributed by atoms with van der Waals surface area (Å²) in [5.74, 6) is 1.78. The van der Waals surface area contributed by atoms with Gasteiger partial charge in [-0.15, -0.1) is 10.2 Å². The Morgan fingerprint density at radius 3 is 2.75 bits per heavy atom. The molecule has 126 valence electrons. The second-order valence-corrected chi connectivity index (χ2v) is 8.70. The normalized spacial score (nSPS) is 15.2. The van der Waals surface area contributed by atoms with E-state index in [2.05, 4.69) is 66.1 Å². The SMILES string of the molecule is Cn1c(C(C)(C)C)nc2cc(NCc3nnc(C4CC4)s3)ccc21. The number of fused-ring (bicyclic) bond motifs is 1. The maximum atomic E-state index is 4.83. The molecule has 1 aromatic carbocycles. The van der Waals surface area contributed by atoms with E-state index in [0.29, 0.717) is 5.92 Å². The number of nitrogens with zero attached hydrogens (tertiary/aromatic N) is 4. The van der Waals surface area contributed by atoms with Crippen LogP contribution in [0, 0.1) is 0 Å². The van der Waals surface area contributed by atoms with E-state index in [0.717, 1.165) is 34.1 Å². The van der Waals surface area contributed by atoms with Crippen molar-refractivity contribution in [2.45, 2.75) is 51.5 Å². The van der Waals surface area contributed by atoms with Crippen LogP contribution in [-0.2, 0) is 19.0 Å². The summed E-state index contributed by atoms with van der Waals surface area (Å²) in [5.41, 5.74) is 3.30. The van der Waals surface area contributed by atoms with Crippen LogP contribution in [0.25, 0.3) is 11.0 Å². The molecule has 24 heavy (non-hydrogen) atoms. The van der Waals surface area contributed by atoms with Crippen LogP contribution in [0.1, 0.15) is 55.4 Å². The van der Waals surface area contributed by atoms with E-state index < -0.39 is 0 Å². The Hall–Kier alpha value is -1.95. The van der Waals surface area contributed by atoms with E-state index in [9.17, 15) is 0 Å². The number of anilines is 1. The van der Waals surface area contributed by atoms with Crippen molar-refractivity contribution in [1.29, 1.82) is 0 Å². The Balaban J connectivity index is 1.53. The fourth-order valence-corrected chi connectivity index (χ4v) is 3.94. The van der Waals surface area contributed by atoms with Crippen LogP contribution in [0.15, 0.2) is 18.2 Å². The summed E-state index contributed by atoms with van der Waals surface area (Å²) in [5, 5.41) is 14.3. The van der Waals surface area contributed by atoms with Gasteiger partial charge in [-0.1, -0.05) is 32.1 Å². The predicted molar refractivity (Wildman–Crippen MR) is 98.6 cm³/mol. The lowest BCUT2D eigenvalue weighted by atomic mass is 9.96.